The van der Waals surface area contributed by atoms with Gasteiger partial charge in [-0.25, -0.2) is 4.79 Å². The lowest BCUT2D eigenvalue weighted by Gasteiger charge is -2.31. The van der Waals surface area contributed by atoms with Gasteiger partial charge in [-0.15, -0.1) is 0 Å². The van der Waals surface area contributed by atoms with Gasteiger partial charge >= 0.3 is 5.97 Å². The monoisotopic (exact) mass is 293 g/mol. The third-order valence-corrected chi connectivity index (χ3v) is 4.05. The number of benzene rings is 1. The molecule has 3 nitrogen and oxygen atoms in total. The second kappa shape index (κ2) is 6.80. The molecule has 1 aromatic rings. The second-order valence-corrected chi connectivity index (χ2v) is 5.54. The highest BCUT2D eigenvalue weighted by Crippen LogP contribution is 2.32. The topological polar surface area (TPSA) is 40.5 Å². The second-order valence-electron chi connectivity index (χ2n) is 5.10. The fourth-order valence-electron chi connectivity index (χ4n) is 2.91. The minimum atomic E-state index is -0.935. The number of anilines is 1. The van der Waals surface area contributed by atoms with Crippen molar-refractivity contribution >= 4 is 29.3 Å². The maximum absolute atomic E-state index is 10.7. The van der Waals surface area contributed by atoms with Crippen molar-refractivity contribution in [2.24, 2.45) is 0 Å². The van der Waals surface area contributed by atoms with E-state index in [1.165, 1.54) is 31.8 Å². The molecule has 0 aromatic heterocycles. The van der Waals surface area contributed by atoms with Crippen LogP contribution in [0.1, 0.15) is 38.2 Å². The van der Waals surface area contributed by atoms with E-state index >= 15 is 0 Å². The van der Waals surface area contributed by atoms with Gasteiger partial charge in [-0.1, -0.05) is 30.5 Å². The van der Waals surface area contributed by atoms with Crippen molar-refractivity contribution in [1.29, 1.82) is 0 Å². The molecule has 0 spiro atoms. The van der Waals surface area contributed by atoms with Crippen LogP contribution in [0.4, 0.5) is 5.69 Å². The Morgan fingerprint density at radius 1 is 1.45 bits per heavy atom. The van der Waals surface area contributed by atoms with Crippen LogP contribution in [0.2, 0.25) is 5.02 Å². The third kappa shape index (κ3) is 3.54. The van der Waals surface area contributed by atoms with Crippen LogP contribution in [-0.2, 0) is 4.79 Å². The van der Waals surface area contributed by atoms with Crippen LogP contribution in [0.3, 0.4) is 0 Å². The Balaban J connectivity index is 2.35. The van der Waals surface area contributed by atoms with Crippen molar-refractivity contribution in [2.75, 3.05) is 11.4 Å². The van der Waals surface area contributed by atoms with Gasteiger partial charge in [-0.3, -0.25) is 0 Å². The van der Waals surface area contributed by atoms with Crippen LogP contribution in [0.5, 0.6) is 0 Å². The maximum Gasteiger partial charge on any atom is 0.328 e. The summed E-state index contributed by atoms with van der Waals surface area (Å²) in [6.45, 7) is 3.03. The van der Waals surface area contributed by atoms with Gasteiger partial charge in [0, 0.05) is 29.4 Å². The smallest absolute Gasteiger partial charge is 0.328 e. The van der Waals surface area contributed by atoms with Gasteiger partial charge in [0.25, 0.3) is 0 Å². The van der Waals surface area contributed by atoms with Gasteiger partial charge in [0.15, 0.2) is 0 Å². The van der Waals surface area contributed by atoms with Crippen LogP contribution < -0.4 is 4.90 Å². The molecule has 1 saturated carbocycles. The largest absolute Gasteiger partial charge is 0.478 e. The van der Waals surface area contributed by atoms with Gasteiger partial charge in [-0.2, -0.15) is 0 Å². The van der Waals surface area contributed by atoms with Crippen molar-refractivity contribution in [3.05, 3.63) is 34.9 Å². The molecule has 1 aliphatic rings. The summed E-state index contributed by atoms with van der Waals surface area (Å²) in [6, 6.07) is 6.16. The lowest BCUT2D eigenvalue weighted by atomic mass is 10.1. The first-order chi connectivity index (χ1) is 9.61. The molecule has 0 saturated heterocycles. The Bertz CT molecular complexity index is 507. The summed E-state index contributed by atoms with van der Waals surface area (Å²) in [5.74, 6) is -0.935. The maximum atomic E-state index is 10.7. The van der Waals surface area contributed by atoms with Crippen LogP contribution in [0.25, 0.3) is 6.08 Å². The highest BCUT2D eigenvalue weighted by molar-refractivity contribution is 6.31. The first-order valence-electron chi connectivity index (χ1n) is 7.09. The van der Waals surface area contributed by atoms with E-state index in [4.69, 9.17) is 16.7 Å². The van der Waals surface area contributed by atoms with Gasteiger partial charge in [0.1, 0.15) is 0 Å². The molecule has 0 radical (unpaired) electrons. The number of halogens is 1. The fraction of sp³-hybridized carbons (Fsp3) is 0.438. The number of carboxylic acids is 1. The average molecular weight is 294 g/mol. The highest BCUT2D eigenvalue weighted by Gasteiger charge is 2.23. The molecule has 0 aliphatic heterocycles. The number of hydrogen-bond acceptors (Lipinski definition) is 2. The average Bonchev–Trinajstić information content (AvgIpc) is 2.92. The Hall–Kier alpha value is -1.48. The zero-order valence-corrected chi connectivity index (χ0v) is 12.4. The standard InChI is InChI=1S/C16H20ClNO2/c1-2-18(14-5-3-4-6-14)15-11-13(17)9-7-12(15)8-10-16(19)20/h7-11,14H,2-6H2,1H3,(H,19,20)/b10-8+. The van der Waals surface area contributed by atoms with Crippen LogP contribution >= 0.6 is 11.6 Å². The molecule has 1 N–H and O–H groups in total. The summed E-state index contributed by atoms with van der Waals surface area (Å²) in [6.07, 6.45) is 7.75. The van der Waals surface area contributed by atoms with E-state index in [1.54, 1.807) is 12.1 Å². The lowest BCUT2D eigenvalue weighted by Crippen LogP contribution is -2.33. The van der Waals surface area contributed by atoms with E-state index in [0.717, 1.165) is 17.8 Å². The number of nitrogens with zero attached hydrogens (tertiary/aromatic N) is 1. The molecule has 1 aromatic carbocycles. The van der Waals surface area contributed by atoms with E-state index in [0.29, 0.717) is 11.1 Å². The van der Waals surface area contributed by atoms with E-state index in [9.17, 15) is 4.79 Å². The van der Waals surface area contributed by atoms with Crippen molar-refractivity contribution in [3.63, 3.8) is 0 Å². The minimum absolute atomic E-state index is 0.537. The van der Waals surface area contributed by atoms with Gasteiger partial charge < -0.3 is 10.0 Å². The molecule has 108 valence electrons. The van der Waals surface area contributed by atoms with Crippen LogP contribution in [-0.4, -0.2) is 23.7 Å². The molecular formula is C16H20ClNO2. The number of hydrogen-bond donors (Lipinski definition) is 1. The number of carboxylic acid groups (broad SMARTS) is 1. The summed E-state index contributed by atoms with van der Waals surface area (Å²) in [4.78, 5) is 13.1. The molecule has 0 bridgehead atoms. The van der Waals surface area contributed by atoms with E-state index in [1.807, 2.05) is 12.1 Å². The third-order valence-electron chi connectivity index (χ3n) is 3.81. The molecule has 1 fully saturated rings. The van der Waals surface area contributed by atoms with Crippen LogP contribution in [0, 0.1) is 0 Å². The zero-order valence-electron chi connectivity index (χ0n) is 11.7. The molecule has 20 heavy (non-hydrogen) atoms. The first-order valence-corrected chi connectivity index (χ1v) is 7.47. The quantitative estimate of drug-likeness (QED) is 0.827. The Labute approximate surface area is 124 Å². The molecule has 2 rings (SSSR count). The summed E-state index contributed by atoms with van der Waals surface area (Å²) < 4.78 is 0. The molecule has 0 atom stereocenters. The molecule has 0 heterocycles. The first kappa shape index (κ1) is 14.9. The molecule has 4 heteroatoms. The summed E-state index contributed by atoms with van der Waals surface area (Å²) in [5, 5.41) is 9.49. The Morgan fingerprint density at radius 3 is 2.75 bits per heavy atom. The summed E-state index contributed by atoms with van der Waals surface area (Å²) in [7, 11) is 0. The van der Waals surface area contributed by atoms with Crippen molar-refractivity contribution in [3.8, 4) is 0 Å². The fourth-order valence-corrected chi connectivity index (χ4v) is 3.08. The van der Waals surface area contributed by atoms with E-state index in [-0.39, 0.29) is 0 Å². The number of aliphatic carboxylic acids is 1. The minimum Gasteiger partial charge on any atom is -0.478 e. The summed E-state index contributed by atoms with van der Waals surface area (Å²) in [5.41, 5.74) is 1.94. The van der Waals surface area contributed by atoms with Crippen molar-refractivity contribution < 1.29 is 9.90 Å². The van der Waals surface area contributed by atoms with Gasteiger partial charge in [-0.05, 0) is 43.5 Å². The lowest BCUT2D eigenvalue weighted by molar-refractivity contribution is -0.131. The van der Waals surface area contributed by atoms with Gasteiger partial charge in [0.2, 0.25) is 0 Å². The SMILES string of the molecule is CCN(c1cc(Cl)ccc1/C=C/C(=O)O)C1CCCC1. The molecule has 0 amide bonds. The number of carbonyl (C=O) groups is 1. The molecule has 1 aliphatic carbocycles. The molecule has 0 unspecified atom stereocenters. The zero-order chi connectivity index (χ0) is 14.5. The Morgan fingerprint density at radius 2 is 2.15 bits per heavy atom. The number of rotatable bonds is 5. The molecular weight excluding hydrogens is 274 g/mol. The Kier molecular flexibility index (Phi) is 5.07. The predicted octanol–water partition coefficient (Wildman–Crippen LogP) is 4.21. The van der Waals surface area contributed by atoms with Crippen molar-refractivity contribution in [1.82, 2.24) is 0 Å². The van der Waals surface area contributed by atoms with Crippen molar-refractivity contribution in [2.45, 2.75) is 38.6 Å². The van der Waals surface area contributed by atoms with E-state index in [2.05, 4.69) is 11.8 Å². The summed E-state index contributed by atoms with van der Waals surface area (Å²) >= 11 is 6.12. The normalized spacial score (nSPS) is 15.9. The highest BCUT2D eigenvalue weighted by atomic mass is 35.5. The predicted molar refractivity (Wildman–Crippen MR) is 83.4 cm³/mol. The van der Waals surface area contributed by atoms with Gasteiger partial charge in [0.05, 0.1) is 0 Å². The van der Waals surface area contributed by atoms with Crippen LogP contribution in [0.15, 0.2) is 24.3 Å². The van der Waals surface area contributed by atoms with E-state index < -0.39 is 5.97 Å².